The van der Waals surface area contributed by atoms with Crippen molar-refractivity contribution < 1.29 is 13.6 Å². The summed E-state index contributed by atoms with van der Waals surface area (Å²) < 4.78 is 27.9. The minimum absolute atomic E-state index is 0.101. The van der Waals surface area contributed by atoms with Crippen LogP contribution in [0.25, 0.3) is 0 Å². The zero-order valence-corrected chi connectivity index (χ0v) is 14.4. The Morgan fingerprint density at radius 3 is 2.54 bits per heavy atom. The number of nitrogens with zero attached hydrogens (tertiary/aromatic N) is 1. The number of benzene rings is 1. The molecule has 132 valence electrons. The quantitative estimate of drug-likeness (QED) is 0.890. The van der Waals surface area contributed by atoms with Crippen molar-refractivity contribution in [3.63, 3.8) is 0 Å². The predicted octanol–water partition coefficient (Wildman–Crippen LogP) is 3.65. The number of carbonyl (C=O) groups is 1. The van der Waals surface area contributed by atoms with Gasteiger partial charge in [0.25, 0.3) is 0 Å². The maximum atomic E-state index is 14.0. The van der Waals surface area contributed by atoms with Crippen LogP contribution in [0.2, 0.25) is 0 Å². The van der Waals surface area contributed by atoms with Crippen LogP contribution in [0.15, 0.2) is 18.2 Å². The third kappa shape index (κ3) is 3.61. The number of rotatable bonds is 5. The van der Waals surface area contributed by atoms with Crippen LogP contribution >= 0.6 is 0 Å². The van der Waals surface area contributed by atoms with E-state index in [0.717, 1.165) is 38.8 Å². The number of amides is 1. The summed E-state index contributed by atoms with van der Waals surface area (Å²) in [6.45, 7) is 5.39. The SMILES string of the molecule is CCC1CN(C(=O)C2CC2)CCC1NC(C)c1c(F)cccc1F. The monoisotopic (exact) mass is 336 g/mol. The number of nitrogens with one attached hydrogen (secondary N) is 1. The molecule has 5 heteroatoms. The molecule has 1 heterocycles. The van der Waals surface area contributed by atoms with Gasteiger partial charge in [-0.25, -0.2) is 8.78 Å². The summed E-state index contributed by atoms with van der Waals surface area (Å²) in [5, 5.41) is 3.40. The largest absolute Gasteiger partial charge is 0.342 e. The van der Waals surface area contributed by atoms with Gasteiger partial charge in [0.05, 0.1) is 0 Å². The van der Waals surface area contributed by atoms with E-state index in [-0.39, 0.29) is 17.5 Å². The highest BCUT2D eigenvalue weighted by molar-refractivity contribution is 5.81. The Kier molecular flexibility index (Phi) is 5.18. The van der Waals surface area contributed by atoms with Crippen molar-refractivity contribution in [1.82, 2.24) is 10.2 Å². The van der Waals surface area contributed by atoms with E-state index in [4.69, 9.17) is 0 Å². The fourth-order valence-corrected chi connectivity index (χ4v) is 3.78. The smallest absolute Gasteiger partial charge is 0.225 e. The highest BCUT2D eigenvalue weighted by atomic mass is 19.1. The van der Waals surface area contributed by atoms with Crippen molar-refractivity contribution in [3.05, 3.63) is 35.4 Å². The van der Waals surface area contributed by atoms with E-state index in [1.165, 1.54) is 18.2 Å². The molecule has 1 saturated heterocycles. The van der Waals surface area contributed by atoms with Crippen LogP contribution in [0.4, 0.5) is 8.78 Å². The second kappa shape index (κ2) is 7.18. The van der Waals surface area contributed by atoms with Crippen molar-refractivity contribution in [3.8, 4) is 0 Å². The molecule has 0 spiro atoms. The van der Waals surface area contributed by atoms with Gasteiger partial charge < -0.3 is 10.2 Å². The standard InChI is InChI=1S/C19H26F2N2O/c1-3-13-11-23(19(24)14-7-8-14)10-9-17(13)22-12(2)18-15(20)5-4-6-16(18)21/h4-6,12-14,17,22H,3,7-11H2,1-2H3. The van der Waals surface area contributed by atoms with Crippen molar-refractivity contribution in [2.45, 2.75) is 51.6 Å². The average Bonchev–Trinajstić information content (AvgIpc) is 3.39. The highest BCUT2D eigenvalue weighted by Gasteiger charge is 2.38. The number of hydrogen-bond acceptors (Lipinski definition) is 2. The first-order valence-electron chi connectivity index (χ1n) is 9.00. The fraction of sp³-hybridized carbons (Fsp3) is 0.632. The molecule has 3 unspecified atom stereocenters. The summed E-state index contributed by atoms with van der Waals surface area (Å²) in [4.78, 5) is 14.3. The Balaban J connectivity index is 1.65. The van der Waals surface area contributed by atoms with E-state index >= 15 is 0 Å². The van der Waals surface area contributed by atoms with Gasteiger partial charge in [-0.15, -0.1) is 0 Å². The number of likely N-dealkylation sites (tertiary alicyclic amines) is 1. The van der Waals surface area contributed by atoms with E-state index in [9.17, 15) is 13.6 Å². The fourth-order valence-electron chi connectivity index (χ4n) is 3.78. The summed E-state index contributed by atoms with van der Waals surface area (Å²) in [6.07, 6.45) is 3.82. The van der Waals surface area contributed by atoms with Crippen LogP contribution in [0, 0.1) is 23.5 Å². The maximum Gasteiger partial charge on any atom is 0.225 e. The lowest BCUT2D eigenvalue weighted by Crippen LogP contribution is -2.51. The molecule has 2 fully saturated rings. The zero-order chi connectivity index (χ0) is 17.3. The number of halogens is 2. The minimum atomic E-state index is -0.510. The lowest BCUT2D eigenvalue weighted by atomic mass is 9.88. The van der Waals surface area contributed by atoms with Crippen molar-refractivity contribution in [2.75, 3.05) is 13.1 Å². The number of piperidine rings is 1. The number of carbonyl (C=O) groups excluding carboxylic acids is 1. The second-order valence-electron chi connectivity index (χ2n) is 7.15. The summed E-state index contributed by atoms with van der Waals surface area (Å²) in [7, 11) is 0. The maximum absolute atomic E-state index is 14.0. The Bertz CT molecular complexity index is 583. The van der Waals surface area contributed by atoms with Gasteiger partial charge in [0.1, 0.15) is 11.6 Å². The normalized spacial score (nSPS) is 25.6. The molecule has 3 atom stereocenters. The van der Waals surface area contributed by atoms with Crippen molar-refractivity contribution in [2.24, 2.45) is 11.8 Å². The summed E-state index contributed by atoms with van der Waals surface area (Å²) in [5.41, 5.74) is 0.101. The van der Waals surface area contributed by atoms with E-state index in [0.29, 0.717) is 11.8 Å². The third-order valence-electron chi connectivity index (χ3n) is 5.39. The molecule has 1 aromatic rings. The van der Waals surface area contributed by atoms with Crippen LogP contribution in [-0.4, -0.2) is 29.9 Å². The Hall–Kier alpha value is -1.49. The second-order valence-corrected chi connectivity index (χ2v) is 7.15. The predicted molar refractivity (Wildman–Crippen MR) is 89.4 cm³/mol. The lowest BCUT2D eigenvalue weighted by molar-refractivity contribution is -0.134. The highest BCUT2D eigenvalue weighted by Crippen LogP contribution is 2.33. The molecule has 3 nitrogen and oxygen atoms in total. The van der Waals surface area contributed by atoms with Gasteiger partial charge in [-0.1, -0.05) is 19.4 Å². The van der Waals surface area contributed by atoms with Crippen LogP contribution in [0.1, 0.15) is 51.1 Å². The first-order valence-corrected chi connectivity index (χ1v) is 9.00. The molecular formula is C19H26F2N2O. The van der Waals surface area contributed by atoms with Crippen molar-refractivity contribution in [1.29, 1.82) is 0 Å². The number of hydrogen-bond donors (Lipinski definition) is 1. The molecule has 0 radical (unpaired) electrons. The minimum Gasteiger partial charge on any atom is -0.342 e. The molecule has 3 rings (SSSR count). The average molecular weight is 336 g/mol. The Morgan fingerprint density at radius 1 is 1.29 bits per heavy atom. The first-order chi connectivity index (χ1) is 11.5. The van der Waals surface area contributed by atoms with Crippen LogP contribution in [0.3, 0.4) is 0 Å². The van der Waals surface area contributed by atoms with Crippen molar-refractivity contribution >= 4 is 5.91 Å². The molecule has 2 aliphatic rings. The summed E-state index contributed by atoms with van der Waals surface area (Å²) in [6, 6.07) is 3.76. The van der Waals surface area contributed by atoms with Gasteiger partial charge in [-0.3, -0.25) is 4.79 Å². The molecule has 1 amide bonds. The van der Waals surface area contributed by atoms with E-state index in [1.54, 1.807) is 6.92 Å². The first kappa shape index (κ1) is 17.3. The summed E-state index contributed by atoms with van der Waals surface area (Å²) in [5.74, 6) is -0.161. The zero-order valence-electron chi connectivity index (χ0n) is 14.4. The van der Waals surface area contributed by atoms with Gasteiger partial charge in [0, 0.05) is 36.7 Å². The third-order valence-corrected chi connectivity index (χ3v) is 5.39. The molecule has 1 saturated carbocycles. The Morgan fingerprint density at radius 2 is 1.96 bits per heavy atom. The molecule has 1 aliphatic heterocycles. The molecule has 24 heavy (non-hydrogen) atoms. The molecule has 1 N–H and O–H groups in total. The molecule has 0 bridgehead atoms. The van der Waals surface area contributed by atoms with E-state index in [2.05, 4.69) is 12.2 Å². The molecule has 1 aliphatic carbocycles. The van der Waals surface area contributed by atoms with E-state index in [1.807, 2.05) is 4.90 Å². The van der Waals surface area contributed by atoms with Gasteiger partial charge >= 0.3 is 0 Å². The lowest BCUT2D eigenvalue weighted by Gasteiger charge is -2.40. The van der Waals surface area contributed by atoms with Gasteiger partial charge in [-0.2, -0.15) is 0 Å². The Labute approximate surface area is 142 Å². The van der Waals surface area contributed by atoms with Crippen LogP contribution in [0.5, 0.6) is 0 Å². The van der Waals surface area contributed by atoms with Gasteiger partial charge in [0.15, 0.2) is 0 Å². The van der Waals surface area contributed by atoms with Crippen LogP contribution in [-0.2, 0) is 4.79 Å². The molecule has 0 aromatic heterocycles. The van der Waals surface area contributed by atoms with E-state index < -0.39 is 17.7 Å². The van der Waals surface area contributed by atoms with Gasteiger partial charge in [0.2, 0.25) is 5.91 Å². The molecule has 1 aromatic carbocycles. The topological polar surface area (TPSA) is 32.3 Å². The van der Waals surface area contributed by atoms with Gasteiger partial charge in [-0.05, 0) is 44.2 Å². The molecular weight excluding hydrogens is 310 g/mol. The summed E-state index contributed by atoms with van der Waals surface area (Å²) >= 11 is 0. The van der Waals surface area contributed by atoms with Crippen LogP contribution < -0.4 is 5.32 Å².